The molecule has 0 atom stereocenters. The van der Waals surface area contributed by atoms with Crippen LogP contribution in [-0.4, -0.2) is 11.8 Å². The number of ketones is 1. The number of rotatable bonds is 5. The van der Waals surface area contributed by atoms with Crippen molar-refractivity contribution in [3.05, 3.63) is 28.8 Å². The Morgan fingerprint density at radius 1 is 1.21 bits per heavy atom. The van der Waals surface area contributed by atoms with Crippen LogP contribution < -0.4 is 4.74 Å². The Labute approximate surface area is 115 Å². The quantitative estimate of drug-likeness (QED) is 0.603. The van der Waals surface area contributed by atoms with Gasteiger partial charge >= 0.3 is 5.97 Å². The van der Waals surface area contributed by atoms with Gasteiger partial charge < -0.3 is 9.53 Å². The maximum Gasteiger partial charge on any atom is 0.313 e. The van der Waals surface area contributed by atoms with Gasteiger partial charge in [-0.2, -0.15) is 0 Å². The van der Waals surface area contributed by atoms with Crippen molar-refractivity contribution < 1.29 is 14.3 Å². The summed E-state index contributed by atoms with van der Waals surface area (Å²) in [6.07, 6.45) is 1.08. The lowest BCUT2D eigenvalue weighted by Gasteiger charge is -2.14. The molecule has 0 saturated carbocycles. The van der Waals surface area contributed by atoms with Crippen LogP contribution in [0.1, 0.15) is 43.9 Å². The fourth-order valence-corrected chi connectivity index (χ4v) is 1.90. The monoisotopic (exact) mass is 262 g/mol. The number of benzene rings is 1. The maximum absolute atomic E-state index is 11.7. The molecule has 0 spiro atoms. The Morgan fingerprint density at radius 3 is 2.37 bits per heavy atom. The average molecular weight is 262 g/mol. The molecule has 19 heavy (non-hydrogen) atoms. The molecule has 0 aliphatic rings. The van der Waals surface area contributed by atoms with Crippen molar-refractivity contribution in [2.75, 3.05) is 0 Å². The first-order chi connectivity index (χ1) is 8.81. The summed E-state index contributed by atoms with van der Waals surface area (Å²) in [7, 11) is 0. The molecule has 3 nitrogen and oxygen atoms in total. The maximum atomic E-state index is 11.7. The van der Waals surface area contributed by atoms with E-state index in [0.29, 0.717) is 18.6 Å². The van der Waals surface area contributed by atoms with Gasteiger partial charge in [0.05, 0.1) is 5.92 Å². The second-order valence-corrected chi connectivity index (χ2v) is 5.34. The van der Waals surface area contributed by atoms with Gasteiger partial charge in [0, 0.05) is 6.42 Å². The molecule has 0 aromatic heterocycles. The van der Waals surface area contributed by atoms with Crippen molar-refractivity contribution >= 4 is 11.8 Å². The molecule has 0 N–H and O–H groups in total. The second kappa shape index (κ2) is 6.50. The van der Waals surface area contributed by atoms with Crippen LogP contribution >= 0.6 is 0 Å². The van der Waals surface area contributed by atoms with Crippen molar-refractivity contribution in [1.82, 2.24) is 0 Å². The molecule has 0 fully saturated rings. The highest BCUT2D eigenvalue weighted by Gasteiger charge is 2.15. The van der Waals surface area contributed by atoms with E-state index in [4.69, 9.17) is 4.74 Å². The SMILES string of the molecule is CC(=O)CCc1c(C)cc(C)cc1OC(=O)C(C)C. The number of carbonyl (C=O) groups excluding carboxylic acids is 2. The summed E-state index contributed by atoms with van der Waals surface area (Å²) >= 11 is 0. The third kappa shape index (κ3) is 4.51. The van der Waals surface area contributed by atoms with E-state index >= 15 is 0 Å². The van der Waals surface area contributed by atoms with Crippen LogP contribution in [0.3, 0.4) is 0 Å². The minimum Gasteiger partial charge on any atom is -0.426 e. The van der Waals surface area contributed by atoms with Crippen LogP contribution in [0.5, 0.6) is 5.75 Å². The predicted octanol–water partition coefficient (Wildman–Crippen LogP) is 3.39. The summed E-state index contributed by atoms with van der Waals surface area (Å²) in [6.45, 7) is 9.13. The van der Waals surface area contributed by atoms with Gasteiger partial charge in [-0.1, -0.05) is 19.9 Å². The second-order valence-electron chi connectivity index (χ2n) is 5.34. The fourth-order valence-electron chi connectivity index (χ4n) is 1.90. The Balaban J connectivity index is 3.05. The smallest absolute Gasteiger partial charge is 0.313 e. The van der Waals surface area contributed by atoms with Crippen molar-refractivity contribution in [1.29, 1.82) is 0 Å². The highest BCUT2D eigenvalue weighted by atomic mass is 16.5. The summed E-state index contributed by atoms with van der Waals surface area (Å²) in [5, 5.41) is 0. The van der Waals surface area contributed by atoms with Gasteiger partial charge in [0.25, 0.3) is 0 Å². The highest BCUT2D eigenvalue weighted by molar-refractivity contribution is 5.77. The molecule has 0 heterocycles. The van der Waals surface area contributed by atoms with E-state index in [2.05, 4.69) is 0 Å². The normalized spacial score (nSPS) is 10.6. The zero-order valence-corrected chi connectivity index (χ0v) is 12.4. The molecule has 104 valence electrons. The lowest BCUT2D eigenvalue weighted by molar-refractivity contribution is -0.137. The van der Waals surface area contributed by atoms with E-state index in [0.717, 1.165) is 16.7 Å². The van der Waals surface area contributed by atoms with E-state index in [9.17, 15) is 9.59 Å². The standard InChI is InChI=1S/C16H22O3/c1-10(2)16(18)19-15-9-11(3)8-12(4)14(15)7-6-13(5)17/h8-10H,6-7H2,1-5H3. The molecule has 0 saturated heterocycles. The molecule has 1 rings (SSSR count). The van der Waals surface area contributed by atoms with Crippen LogP contribution in [0.15, 0.2) is 12.1 Å². The highest BCUT2D eigenvalue weighted by Crippen LogP contribution is 2.26. The van der Waals surface area contributed by atoms with Crippen molar-refractivity contribution in [2.24, 2.45) is 5.92 Å². The largest absolute Gasteiger partial charge is 0.426 e. The molecule has 0 aliphatic heterocycles. The number of Topliss-reactive ketones (excluding diaryl/α,β-unsaturated/α-hetero) is 1. The Bertz CT molecular complexity index is 487. The number of carbonyl (C=O) groups is 2. The molecule has 0 radical (unpaired) electrons. The summed E-state index contributed by atoms with van der Waals surface area (Å²) in [6, 6.07) is 3.91. The average Bonchev–Trinajstić information content (AvgIpc) is 2.26. The van der Waals surface area contributed by atoms with Gasteiger partial charge in [-0.05, 0) is 49.9 Å². The first-order valence-electron chi connectivity index (χ1n) is 6.62. The molecule has 0 aliphatic carbocycles. The van der Waals surface area contributed by atoms with Gasteiger partial charge in [-0.25, -0.2) is 0 Å². The molecule has 1 aromatic rings. The minimum atomic E-state index is -0.242. The Kier molecular flexibility index (Phi) is 5.28. The number of aryl methyl sites for hydroxylation is 2. The Hall–Kier alpha value is -1.64. The van der Waals surface area contributed by atoms with Crippen molar-refractivity contribution in [2.45, 2.75) is 47.5 Å². The minimum absolute atomic E-state index is 0.140. The van der Waals surface area contributed by atoms with Crippen LogP contribution in [0, 0.1) is 19.8 Å². The lowest BCUT2D eigenvalue weighted by atomic mass is 9.99. The van der Waals surface area contributed by atoms with Crippen LogP contribution in [0.2, 0.25) is 0 Å². The topological polar surface area (TPSA) is 43.4 Å². The summed E-state index contributed by atoms with van der Waals surface area (Å²) < 4.78 is 5.45. The number of hydrogen-bond donors (Lipinski definition) is 0. The van der Waals surface area contributed by atoms with Crippen LogP contribution in [0.25, 0.3) is 0 Å². The van der Waals surface area contributed by atoms with Crippen molar-refractivity contribution in [3.8, 4) is 5.75 Å². The van der Waals surface area contributed by atoms with Gasteiger partial charge in [0.2, 0.25) is 0 Å². The van der Waals surface area contributed by atoms with Crippen LogP contribution in [0.4, 0.5) is 0 Å². The summed E-state index contributed by atoms with van der Waals surface area (Å²) in [4.78, 5) is 22.9. The summed E-state index contributed by atoms with van der Waals surface area (Å²) in [5.74, 6) is 0.328. The van der Waals surface area contributed by atoms with Gasteiger partial charge in [-0.3, -0.25) is 4.79 Å². The van der Waals surface area contributed by atoms with Crippen LogP contribution in [-0.2, 0) is 16.0 Å². The van der Waals surface area contributed by atoms with E-state index in [1.807, 2.05) is 26.0 Å². The van der Waals surface area contributed by atoms with E-state index in [1.165, 1.54) is 0 Å². The third-order valence-corrected chi connectivity index (χ3v) is 2.99. The first-order valence-corrected chi connectivity index (χ1v) is 6.62. The molecule has 0 unspecified atom stereocenters. The molecule has 0 bridgehead atoms. The third-order valence-electron chi connectivity index (χ3n) is 2.99. The zero-order valence-electron chi connectivity index (χ0n) is 12.4. The van der Waals surface area contributed by atoms with E-state index < -0.39 is 0 Å². The Morgan fingerprint density at radius 2 is 1.84 bits per heavy atom. The van der Waals surface area contributed by atoms with Gasteiger partial charge in [0.1, 0.15) is 11.5 Å². The van der Waals surface area contributed by atoms with E-state index in [-0.39, 0.29) is 17.7 Å². The predicted molar refractivity (Wildman–Crippen MR) is 75.4 cm³/mol. The lowest BCUT2D eigenvalue weighted by Crippen LogP contribution is -2.16. The fraction of sp³-hybridized carbons (Fsp3) is 0.500. The molecular formula is C16H22O3. The first kappa shape index (κ1) is 15.4. The number of ether oxygens (including phenoxy) is 1. The summed E-state index contributed by atoms with van der Waals surface area (Å²) in [5.41, 5.74) is 3.07. The molecule has 3 heteroatoms. The van der Waals surface area contributed by atoms with Crippen molar-refractivity contribution in [3.63, 3.8) is 0 Å². The molecule has 0 amide bonds. The van der Waals surface area contributed by atoms with Gasteiger partial charge in [0.15, 0.2) is 0 Å². The van der Waals surface area contributed by atoms with E-state index in [1.54, 1.807) is 20.8 Å². The number of esters is 1. The number of hydrogen-bond acceptors (Lipinski definition) is 3. The van der Waals surface area contributed by atoms with Gasteiger partial charge in [-0.15, -0.1) is 0 Å². The molecule has 1 aromatic carbocycles. The zero-order chi connectivity index (χ0) is 14.6. The molecular weight excluding hydrogens is 240 g/mol.